The average molecular weight is 313 g/mol. The molecule has 0 spiro atoms. The first-order valence-electron chi connectivity index (χ1n) is 6.90. The van der Waals surface area contributed by atoms with Crippen LogP contribution in [0.5, 0.6) is 0 Å². The Balaban J connectivity index is 2.00. The second-order valence-electron chi connectivity index (χ2n) is 5.02. The number of aliphatic carboxylic acids is 1. The summed E-state index contributed by atoms with van der Waals surface area (Å²) in [4.78, 5) is 25.0. The largest absolute Gasteiger partial charge is 0.480 e. The minimum Gasteiger partial charge on any atom is -0.480 e. The van der Waals surface area contributed by atoms with E-state index in [1.165, 1.54) is 0 Å². The van der Waals surface area contributed by atoms with Gasteiger partial charge in [-0.15, -0.1) is 0 Å². The van der Waals surface area contributed by atoms with Crippen LogP contribution < -0.4 is 10.6 Å². The van der Waals surface area contributed by atoms with Gasteiger partial charge in [-0.25, -0.2) is 8.78 Å². The number of rotatable bonds is 5. The van der Waals surface area contributed by atoms with Gasteiger partial charge in [0.15, 0.2) is 0 Å². The van der Waals surface area contributed by atoms with Gasteiger partial charge in [-0.1, -0.05) is 0 Å². The number of halogens is 2. The lowest BCUT2D eigenvalue weighted by Crippen LogP contribution is -2.52. The van der Waals surface area contributed by atoms with Crippen LogP contribution in [0.4, 0.5) is 14.5 Å². The van der Waals surface area contributed by atoms with Crippen molar-refractivity contribution in [2.45, 2.75) is 12.5 Å². The Labute approximate surface area is 126 Å². The minimum atomic E-state index is -1.10. The molecule has 0 aromatic heterocycles. The Morgan fingerprint density at radius 1 is 1.32 bits per heavy atom. The van der Waals surface area contributed by atoms with Crippen molar-refractivity contribution in [3.8, 4) is 0 Å². The zero-order valence-corrected chi connectivity index (χ0v) is 11.8. The molecule has 1 aromatic rings. The fraction of sp³-hybridized carbons (Fsp3) is 0.429. The number of piperazine rings is 1. The number of anilines is 1. The summed E-state index contributed by atoms with van der Waals surface area (Å²) in [7, 11) is 0. The number of hydrogen-bond acceptors (Lipinski definition) is 4. The second-order valence-corrected chi connectivity index (χ2v) is 5.02. The molecular formula is C14H17F2N3O3. The van der Waals surface area contributed by atoms with Crippen LogP contribution in [0.3, 0.4) is 0 Å². The number of carbonyl (C=O) groups is 2. The summed E-state index contributed by atoms with van der Waals surface area (Å²) in [5.41, 5.74) is -0.171. The molecule has 0 bridgehead atoms. The predicted octanol–water partition coefficient (Wildman–Crippen LogP) is 0.652. The molecule has 1 aromatic carbocycles. The van der Waals surface area contributed by atoms with E-state index in [1.807, 2.05) is 0 Å². The molecule has 1 atom stereocenters. The van der Waals surface area contributed by atoms with Crippen molar-refractivity contribution < 1.29 is 23.5 Å². The maximum Gasteiger partial charge on any atom is 0.321 e. The Morgan fingerprint density at radius 3 is 2.59 bits per heavy atom. The molecule has 1 amide bonds. The molecule has 0 aliphatic carbocycles. The molecule has 1 fully saturated rings. The first-order valence-corrected chi connectivity index (χ1v) is 6.90. The lowest BCUT2D eigenvalue weighted by atomic mass is 10.1. The van der Waals surface area contributed by atoms with Gasteiger partial charge in [0, 0.05) is 32.2 Å². The highest BCUT2D eigenvalue weighted by atomic mass is 19.1. The topological polar surface area (TPSA) is 81.7 Å². The first-order chi connectivity index (χ1) is 10.5. The van der Waals surface area contributed by atoms with E-state index in [2.05, 4.69) is 10.6 Å². The third kappa shape index (κ3) is 4.22. The number of benzene rings is 1. The summed E-state index contributed by atoms with van der Waals surface area (Å²) in [6, 6.07) is 1.80. The molecular weight excluding hydrogens is 296 g/mol. The average Bonchev–Trinajstić information content (AvgIpc) is 2.48. The lowest BCUT2D eigenvalue weighted by molar-refractivity contribution is -0.145. The zero-order chi connectivity index (χ0) is 16.1. The Bertz CT molecular complexity index is 562. The molecule has 1 heterocycles. The molecule has 1 aliphatic heterocycles. The molecule has 3 N–H and O–H groups in total. The molecule has 1 aliphatic rings. The van der Waals surface area contributed by atoms with Gasteiger partial charge >= 0.3 is 5.97 Å². The standard InChI is InChI=1S/C14H17F2N3O3/c15-9-1-2-11(10(16)7-9)18-13(20)8-12(14(21)22)19-5-3-17-4-6-19/h1-2,7,12,17H,3-6,8H2,(H,18,20)(H,21,22). The smallest absolute Gasteiger partial charge is 0.321 e. The van der Waals surface area contributed by atoms with Crippen molar-refractivity contribution in [2.75, 3.05) is 31.5 Å². The number of hydrogen-bond donors (Lipinski definition) is 3. The van der Waals surface area contributed by atoms with Crippen molar-refractivity contribution >= 4 is 17.6 Å². The third-order valence-electron chi connectivity index (χ3n) is 3.46. The predicted molar refractivity (Wildman–Crippen MR) is 75.5 cm³/mol. The lowest BCUT2D eigenvalue weighted by Gasteiger charge is -2.32. The van der Waals surface area contributed by atoms with Crippen LogP contribution in [0, 0.1) is 11.6 Å². The minimum absolute atomic E-state index is 0.171. The van der Waals surface area contributed by atoms with Crippen LogP contribution in [0.25, 0.3) is 0 Å². The number of carboxylic acid groups (broad SMARTS) is 1. The highest BCUT2D eigenvalue weighted by molar-refractivity contribution is 5.94. The number of carbonyl (C=O) groups excluding carboxylic acids is 1. The van der Waals surface area contributed by atoms with Crippen molar-refractivity contribution in [3.05, 3.63) is 29.8 Å². The van der Waals surface area contributed by atoms with Gasteiger partial charge < -0.3 is 15.7 Å². The summed E-state index contributed by atoms with van der Waals surface area (Å²) < 4.78 is 26.3. The molecule has 2 rings (SSSR count). The highest BCUT2D eigenvalue weighted by Crippen LogP contribution is 2.16. The molecule has 120 valence electrons. The Hall–Kier alpha value is -2.06. The van der Waals surface area contributed by atoms with Gasteiger partial charge in [-0.3, -0.25) is 14.5 Å². The van der Waals surface area contributed by atoms with Crippen LogP contribution in [0.15, 0.2) is 18.2 Å². The fourth-order valence-electron chi connectivity index (χ4n) is 2.33. The molecule has 0 radical (unpaired) electrons. The van der Waals surface area contributed by atoms with Crippen LogP contribution in [0.1, 0.15) is 6.42 Å². The Kier molecular flexibility index (Phi) is 5.40. The summed E-state index contributed by atoms with van der Waals surface area (Å²) in [5, 5.41) is 14.6. The van der Waals surface area contributed by atoms with Crippen LogP contribution in [-0.2, 0) is 9.59 Å². The molecule has 0 saturated carbocycles. The molecule has 8 heteroatoms. The number of amides is 1. The van der Waals surface area contributed by atoms with E-state index in [4.69, 9.17) is 0 Å². The monoisotopic (exact) mass is 313 g/mol. The van der Waals surface area contributed by atoms with Crippen LogP contribution >= 0.6 is 0 Å². The number of nitrogens with one attached hydrogen (secondary N) is 2. The SMILES string of the molecule is O=C(CC(C(=O)O)N1CCNCC1)Nc1ccc(F)cc1F. The van der Waals surface area contributed by atoms with Gasteiger partial charge in [-0.2, -0.15) is 0 Å². The highest BCUT2D eigenvalue weighted by Gasteiger charge is 2.29. The van der Waals surface area contributed by atoms with E-state index in [0.29, 0.717) is 32.2 Å². The zero-order valence-electron chi connectivity index (χ0n) is 11.8. The third-order valence-corrected chi connectivity index (χ3v) is 3.46. The van der Waals surface area contributed by atoms with Crippen molar-refractivity contribution in [3.63, 3.8) is 0 Å². The summed E-state index contributed by atoms with van der Waals surface area (Å²) in [6.07, 6.45) is -0.299. The van der Waals surface area contributed by atoms with Gasteiger partial charge in [0.05, 0.1) is 12.1 Å². The van der Waals surface area contributed by atoms with E-state index >= 15 is 0 Å². The maximum atomic E-state index is 13.5. The first kappa shape index (κ1) is 16.3. The van der Waals surface area contributed by atoms with E-state index in [9.17, 15) is 23.5 Å². The van der Waals surface area contributed by atoms with E-state index in [-0.39, 0.29) is 12.1 Å². The normalized spacial score (nSPS) is 17.0. The fourth-order valence-corrected chi connectivity index (χ4v) is 2.33. The quantitative estimate of drug-likeness (QED) is 0.744. The molecule has 22 heavy (non-hydrogen) atoms. The summed E-state index contributed by atoms with van der Waals surface area (Å²) >= 11 is 0. The molecule has 1 unspecified atom stereocenters. The summed E-state index contributed by atoms with van der Waals surface area (Å²) in [6.45, 7) is 2.35. The van der Waals surface area contributed by atoms with Gasteiger partial charge in [-0.05, 0) is 12.1 Å². The van der Waals surface area contributed by atoms with Crippen molar-refractivity contribution in [2.24, 2.45) is 0 Å². The van der Waals surface area contributed by atoms with Gasteiger partial charge in [0.25, 0.3) is 0 Å². The van der Waals surface area contributed by atoms with Crippen molar-refractivity contribution in [1.82, 2.24) is 10.2 Å². The van der Waals surface area contributed by atoms with E-state index in [0.717, 1.165) is 12.1 Å². The molecule has 1 saturated heterocycles. The summed E-state index contributed by atoms with van der Waals surface area (Å²) in [5.74, 6) is -3.38. The molecule has 6 nitrogen and oxygen atoms in total. The number of carboxylic acids is 1. The maximum absolute atomic E-state index is 13.5. The number of nitrogens with zero attached hydrogens (tertiary/aromatic N) is 1. The second kappa shape index (κ2) is 7.28. The van der Waals surface area contributed by atoms with Crippen molar-refractivity contribution in [1.29, 1.82) is 0 Å². The van der Waals surface area contributed by atoms with Gasteiger partial charge in [0.1, 0.15) is 17.7 Å². The van der Waals surface area contributed by atoms with E-state index in [1.54, 1.807) is 4.90 Å². The van der Waals surface area contributed by atoms with Gasteiger partial charge in [0.2, 0.25) is 5.91 Å². The van der Waals surface area contributed by atoms with Crippen LogP contribution in [0.2, 0.25) is 0 Å². The van der Waals surface area contributed by atoms with E-state index < -0.39 is 29.6 Å². The Morgan fingerprint density at radius 2 is 2.00 bits per heavy atom. The van der Waals surface area contributed by atoms with Crippen LogP contribution in [-0.4, -0.2) is 54.1 Å².